The first kappa shape index (κ1) is 9.83. The fraction of sp³-hybridized carbons (Fsp3) is 0.750. The quantitative estimate of drug-likeness (QED) is 0.646. The maximum Gasteiger partial charge on any atom is 0.407 e. The SMILES string of the molecule is COC(=O)C[C@@H]1CCCN1C(=O)O. The minimum Gasteiger partial charge on any atom is -0.469 e. The summed E-state index contributed by atoms with van der Waals surface area (Å²) in [6.45, 7) is 0.525. The minimum atomic E-state index is -0.952. The molecule has 5 nitrogen and oxygen atoms in total. The summed E-state index contributed by atoms with van der Waals surface area (Å²) in [5.41, 5.74) is 0. The van der Waals surface area contributed by atoms with Crippen LogP contribution >= 0.6 is 0 Å². The van der Waals surface area contributed by atoms with Crippen LogP contribution in [-0.2, 0) is 9.53 Å². The van der Waals surface area contributed by atoms with Gasteiger partial charge in [-0.25, -0.2) is 4.79 Å². The molecule has 0 bridgehead atoms. The smallest absolute Gasteiger partial charge is 0.407 e. The average molecular weight is 187 g/mol. The number of carbonyl (C=O) groups is 2. The molecule has 1 N–H and O–H groups in total. The minimum absolute atomic E-state index is 0.169. The topological polar surface area (TPSA) is 66.8 Å². The van der Waals surface area contributed by atoms with Crippen molar-refractivity contribution in [2.75, 3.05) is 13.7 Å². The van der Waals surface area contributed by atoms with E-state index in [4.69, 9.17) is 5.11 Å². The summed E-state index contributed by atoms with van der Waals surface area (Å²) in [6, 6.07) is -0.190. The first-order valence-electron chi connectivity index (χ1n) is 4.21. The van der Waals surface area contributed by atoms with Crippen LogP contribution < -0.4 is 0 Å². The molecule has 1 saturated heterocycles. The van der Waals surface area contributed by atoms with Gasteiger partial charge in [-0.15, -0.1) is 0 Å². The highest BCUT2D eigenvalue weighted by atomic mass is 16.5. The molecule has 1 aliphatic rings. The molecule has 0 radical (unpaired) electrons. The summed E-state index contributed by atoms with van der Waals surface area (Å²) in [7, 11) is 1.31. The zero-order chi connectivity index (χ0) is 9.84. The van der Waals surface area contributed by atoms with Gasteiger partial charge in [0.2, 0.25) is 0 Å². The Morgan fingerprint density at radius 3 is 2.85 bits per heavy atom. The molecule has 74 valence electrons. The zero-order valence-electron chi connectivity index (χ0n) is 7.52. The number of amides is 1. The van der Waals surface area contributed by atoms with Gasteiger partial charge in [0.25, 0.3) is 0 Å². The largest absolute Gasteiger partial charge is 0.469 e. The highest BCUT2D eigenvalue weighted by molar-refractivity contribution is 5.72. The van der Waals surface area contributed by atoms with Gasteiger partial charge < -0.3 is 14.7 Å². The van der Waals surface area contributed by atoms with Crippen LogP contribution in [0.2, 0.25) is 0 Å². The van der Waals surface area contributed by atoms with Crippen molar-refractivity contribution in [2.24, 2.45) is 0 Å². The molecule has 0 saturated carbocycles. The number of esters is 1. The third-order valence-electron chi connectivity index (χ3n) is 2.25. The van der Waals surface area contributed by atoms with Gasteiger partial charge in [-0.2, -0.15) is 0 Å². The molecule has 0 unspecified atom stereocenters. The summed E-state index contributed by atoms with van der Waals surface area (Å²) in [6.07, 6.45) is 0.796. The maximum absolute atomic E-state index is 10.9. The number of hydrogen-bond acceptors (Lipinski definition) is 3. The van der Waals surface area contributed by atoms with Crippen LogP contribution in [0, 0.1) is 0 Å². The van der Waals surface area contributed by atoms with Gasteiger partial charge in [0.05, 0.1) is 13.5 Å². The van der Waals surface area contributed by atoms with Crippen molar-refractivity contribution in [3.05, 3.63) is 0 Å². The predicted molar refractivity (Wildman–Crippen MR) is 44.4 cm³/mol. The Morgan fingerprint density at radius 2 is 2.31 bits per heavy atom. The van der Waals surface area contributed by atoms with E-state index in [1.165, 1.54) is 12.0 Å². The van der Waals surface area contributed by atoms with E-state index in [2.05, 4.69) is 4.74 Å². The molecule has 1 aliphatic heterocycles. The highest BCUT2D eigenvalue weighted by Gasteiger charge is 2.30. The van der Waals surface area contributed by atoms with Crippen LogP contribution in [0.15, 0.2) is 0 Å². The first-order valence-corrected chi connectivity index (χ1v) is 4.21. The number of carbonyl (C=O) groups excluding carboxylic acids is 1. The molecule has 1 atom stereocenters. The lowest BCUT2D eigenvalue weighted by atomic mass is 10.1. The van der Waals surface area contributed by atoms with Gasteiger partial charge in [0.15, 0.2) is 0 Å². The number of likely N-dealkylation sites (tertiary alicyclic amines) is 1. The summed E-state index contributed by atoms with van der Waals surface area (Å²) in [4.78, 5) is 22.9. The molecule has 5 heteroatoms. The molecular formula is C8H13NO4. The van der Waals surface area contributed by atoms with E-state index in [0.29, 0.717) is 6.54 Å². The van der Waals surface area contributed by atoms with E-state index in [0.717, 1.165) is 12.8 Å². The van der Waals surface area contributed by atoms with Crippen LogP contribution in [0.4, 0.5) is 4.79 Å². The lowest BCUT2D eigenvalue weighted by Gasteiger charge is -2.19. The monoisotopic (exact) mass is 187 g/mol. The zero-order valence-corrected chi connectivity index (χ0v) is 7.52. The molecule has 0 spiro atoms. The second kappa shape index (κ2) is 4.11. The standard InChI is InChI=1S/C8H13NO4/c1-13-7(10)5-6-3-2-4-9(6)8(11)12/h6H,2-5H2,1H3,(H,11,12)/t6-/m0/s1. The molecule has 0 aromatic heterocycles. The number of methoxy groups -OCH3 is 1. The molecule has 0 aromatic rings. The van der Waals surface area contributed by atoms with Gasteiger partial charge in [-0.1, -0.05) is 0 Å². The number of carboxylic acid groups (broad SMARTS) is 1. The van der Waals surface area contributed by atoms with Gasteiger partial charge in [-0.3, -0.25) is 4.79 Å². The average Bonchev–Trinajstić information content (AvgIpc) is 2.52. The number of nitrogens with zero attached hydrogens (tertiary/aromatic N) is 1. The van der Waals surface area contributed by atoms with Crippen molar-refractivity contribution >= 4 is 12.1 Å². The van der Waals surface area contributed by atoms with Crippen molar-refractivity contribution in [1.29, 1.82) is 0 Å². The first-order chi connectivity index (χ1) is 6.15. The Hall–Kier alpha value is -1.26. The molecule has 1 amide bonds. The van der Waals surface area contributed by atoms with Crippen molar-refractivity contribution in [1.82, 2.24) is 4.90 Å². The Bertz CT molecular complexity index is 216. The molecule has 1 heterocycles. The van der Waals surface area contributed by atoms with E-state index in [1.54, 1.807) is 0 Å². The van der Waals surface area contributed by atoms with E-state index < -0.39 is 6.09 Å². The second-order valence-electron chi connectivity index (χ2n) is 3.05. The molecule has 0 aromatic carbocycles. The van der Waals surface area contributed by atoms with Gasteiger partial charge in [-0.05, 0) is 12.8 Å². The van der Waals surface area contributed by atoms with Crippen molar-refractivity contribution in [2.45, 2.75) is 25.3 Å². The number of rotatable bonds is 2. The van der Waals surface area contributed by atoms with E-state index in [9.17, 15) is 9.59 Å². The van der Waals surface area contributed by atoms with Gasteiger partial charge >= 0.3 is 12.1 Å². The molecule has 13 heavy (non-hydrogen) atoms. The lowest BCUT2D eigenvalue weighted by molar-refractivity contribution is -0.141. The fourth-order valence-corrected chi connectivity index (χ4v) is 1.58. The Labute approximate surface area is 76.3 Å². The van der Waals surface area contributed by atoms with Crippen LogP contribution in [0.25, 0.3) is 0 Å². The number of ether oxygens (including phenoxy) is 1. The highest BCUT2D eigenvalue weighted by Crippen LogP contribution is 2.20. The lowest BCUT2D eigenvalue weighted by Crippen LogP contribution is -2.35. The normalized spacial score (nSPS) is 21.6. The Kier molecular flexibility index (Phi) is 3.11. The van der Waals surface area contributed by atoms with Crippen LogP contribution in [0.3, 0.4) is 0 Å². The summed E-state index contributed by atoms with van der Waals surface area (Å²) in [5, 5.41) is 8.74. The molecular weight excluding hydrogens is 174 g/mol. The third kappa shape index (κ3) is 2.34. The van der Waals surface area contributed by atoms with E-state index in [1.807, 2.05) is 0 Å². The molecule has 0 aliphatic carbocycles. The van der Waals surface area contributed by atoms with Crippen LogP contribution in [0.5, 0.6) is 0 Å². The van der Waals surface area contributed by atoms with Crippen molar-refractivity contribution < 1.29 is 19.4 Å². The van der Waals surface area contributed by atoms with Crippen LogP contribution in [-0.4, -0.2) is 41.8 Å². The van der Waals surface area contributed by atoms with Crippen LogP contribution in [0.1, 0.15) is 19.3 Å². The maximum atomic E-state index is 10.9. The fourth-order valence-electron chi connectivity index (χ4n) is 1.58. The molecule has 1 fully saturated rings. The van der Waals surface area contributed by atoms with E-state index in [-0.39, 0.29) is 18.4 Å². The predicted octanol–water partition coefficient (Wildman–Crippen LogP) is 0.692. The van der Waals surface area contributed by atoms with Gasteiger partial charge in [0.1, 0.15) is 0 Å². The second-order valence-corrected chi connectivity index (χ2v) is 3.05. The number of hydrogen-bond donors (Lipinski definition) is 1. The van der Waals surface area contributed by atoms with Gasteiger partial charge in [0, 0.05) is 12.6 Å². The van der Waals surface area contributed by atoms with E-state index >= 15 is 0 Å². The summed E-state index contributed by atoms with van der Waals surface area (Å²) in [5.74, 6) is -0.349. The Morgan fingerprint density at radius 1 is 1.62 bits per heavy atom. The molecule has 1 rings (SSSR count). The van der Waals surface area contributed by atoms with Crippen molar-refractivity contribution in [3.63, 3.8) is 0 Å². The summed E-state index contributed by atoms with van der Waals surface area (Å²) < 4.78 is 4.48. The summed E-state index contributed by atoms with van der Waals surface area (Å²) >= 11 is 0. The van der Waals surface area contributed by atoms with Crippen molar-refractivity contribution in [3.8, 4) is 0 Å². The third-order valence-corrected chi connectivity index (χ3v) is 2.25. The Balaban J connectivity index is 2.48.